The maximum atomic E-state index is 12.4. The Morgan fingerprint density at radius 1 is 0.912 bits per heavy atom. The molecule has 3 aromatic carbocycles. The van der Waals surface area contributed by atoms with Crippen molar-refractivity contribution in [2.75, 3.05) is 12.3 Å². The van der Waals surface area contributed by atoms with Gasteiger partial charge in [0.1, 0.15) is 0 Å². The quantitative estimate of drug-likeness (QED) is 0.346. The van der Waals surface area contributed by atoms with E-state index in [1.54, 1.807) is 12.1 Å². The number of primary sulfonamides is 1. The highest BCUT2D eigenvalue weighted by Gasteiger charge is 2.17. The molecule has 1 aromatic heterocycles. The Bertz CT molecular complexity index is 1360. The maximum absolute atomic E-state index is 12.4. The van der Waals surface area contributed by atoms with Gasteiger partial charge in [-0.25, -0.2) is 13.6 Å². The molecule has 3 N–H and O–H groups in total. The summed E-state index contributed by atoms with van der Waals surface area (Å²) in [6, 6.07) is 25.9. The molecule has 10 heteroatoms. The van der Waals surface area contributed by atoms with Crippen molar-refractivity contribution in [3.63, 3.8) is 0 Å². The number of rotatable bonds is 9. The van der Waals surface area contributed by atoms with E-state index < -0.39 is 10.0 Å². The maximum Gasteiger partial charge on any atom is 0.238 e. The predicted molar refractivity (Wildman–Crippen MR) is 132 cm³/mol. The van der Waals surface area contributed by atoms with Crippen molar-refractivity contribution >= 4 is 27.7 Å². The molecule has 0 aliphatic carbocycles. The van der Waals surface area contributed by atoms with Crippen LogP contribution in [0.3, 0.4) is 0 Å². The lowest BCUT2D eigenvalue weighted by molar-refractivity contribution is -0.118. The van der Waals surface area contributed by atoms with Gasteiger partial charge in [0, 0.05) is 17.8 Å². The van der Waals surface area contributed by atoms with Crippen molar-refractivity contribution in [3.8, 4) is 17.1 Å². The summed E-state index contributed by atoms with van der Waals surface area (Å²) < 4.78 is 24.6. The van der Waals surface area contributed by atoms with Crippen molar-refractivity contribution in [3.05, 3.63) is 90.5 Å². The Kier molecular flexibility index (Phi) is 7.41. The van der Waals surface area contributed by atoms with E-state index >= 15 is 0 Å². The van der Waals surface area contributed by atoms with Gasteiger partial charge in [0.2, 0.25) is 15.9 Å². The molecule has 0 spiro atoms. The number of carbonyl (C=O) groups excluding carboxylic acids is 1. The molecule has 4 rings (SSSR count). The molecule has 8 nitrogen and oxygen atoms in total. The molecular formula is C24H23N5O3S2. The number of hydrogen-bond donors (Lipinski definition) is 2. The highest BCUT2D eigenvalue weighted by molar-refractivity contribution is 7.99. The zero-order valence-electron chi connectivity index (χ0n) is 18.2. The zero-order chi connectivity index (χ0) is 24.0. The third-order valence-electron chi connectivity index (χ3n) is 5.00. The number of nitrogens with one attached hydrogen (secondary N) is 1. The van der Waals surface area contributed by atoms with Crippen LogP contribution in [0.1, 0.15) is 5.56 Å². The van der Waals surface area contributed by atoms with Gasteiger partial charge in [-0.2, -0.15) is 0 Å². The van der Waals surface area contributed by atoms with Crippen molar-refractivity contribution in [1.82, 2.24) is 20.1 Å². The summed E-state index contributed by atoms with van der Waals surface area (Å²) in [7, 11) is -3.71. The summed E-state index contributed by atoms with van der Waals surface area (Å²) >= 11 is 1.31. The molecule has 0 unspecified atom stereocenters. The fourth-order valence-electron chi connectivity index (χ4n) is 3.32. The van der Waals surface area contributed by atoms with Gasteiger partial charge >= 0.3 is 0 Å². The van der Waals surface area contributed by atoms with Crippen LogP contribution in [0.2, 0.25) is 0 Å². The number of sulfonamides is 1. The first kappa shape index (κ1) is 23.7. The van der Waals surface area contributed by atoms with Gasteiger partial charge in [0.15, 0.2) is 11.0 Å². The molecule has 4 aromatic rings. The molecule has 1 amide bonds. The molecule has 0 saturated carbocycles. The summed E-state index contributed by atoms with van der Waals surface area (Å²) in [4.78, 5) is 12.5. The molecule has 0 saturated heterocycles. The second-order valence-corrected chi connectivity index (χ2v) is 9.92. The second kappa shape index (κ2) is 10.6. The van der Waals surface area contributed by atoms with Gasteiger partial charge in [-0.15, -0.1) is 10.2 Å². The number of hydrogen-bond acceptors (Lipinski definition) is 6. The monoisotopic (exact) mass is 493 g/mol. The summed E-state index contributed by atoms with van der Waals surface area (Å²) in [5, 5.41) is 17.3. The minimum atomic E-state index is -3.71. The first-order valence-corrected chi connectivity index (χ1v) is 13.0. The molecule has 34 heavy (non-hydrogen) atoms. The number of nitrogens with two attached hydrogens (primary N) is 1. The average Bonchev–Trinajstić information content (AvgIpc) is 3.28. The van der Waals surface area contributed by atoms with Gasteiger partial charge in [0.05, 0.1) is 10.6 Å². The van der Waals surface area contributed by atoms with Crippen LogP contribution in [0.25, 0.3) is 17.1 Å². The standard InChI is InChI=1S/C24H23N5O3S2/c25-34(31,32)21-13-11-18(12-14-21)15-16-26-22(30)17-33-24-28-27-23(19-7-3-1-4-8-19)29(24)20-9-5-2-6-10-20/h1-14H,15-17H2,(H,26,30)(H2,25,31,32). The van der Waals surface area contributed by atoms with E-state index in [0.717, 1.165) is 16.8 Å². The molecule has 1 heterocycles. The van der Waals surface area contributed by atoms with E-state index in [2.05, 4.69) is 15.5 Å². The Morgan fingerprint density at radius 3 is 2.21 bits per heavy atom. The Morgan fingerprint density at radius 2 is 1.56 bits per heavy atom. The number of benzene rings is 3. The van der Waals surface area contributed by atoms with Crippen LogP contribution in [0, 0.1) is 0 Å². The van der Waals surface area contributed by atoms with Gasteiger partial charge < -0.3 is 5.32 Å². The number of nitrogens with zero attached hydrogens (tertiary/aromatic N) is 3. The van der Waals surface area contributed by atoms with Crippen LogP contribution < -0.4 is 10.5 Å². The third kappa shape index (κ3) is 5.90. The Labute approximate surface area is 202 Å². The number of para-hydroxylation sites is 1. The van der Waals surface area contributed by atoms with Gasteiger partial charge in [-0.05, 0) is 36.2 Å². The van der Waals surface area contributed by atoms with Gasteiger partial charge in [0.25, 0.3) is 0 Å². The molecule has 0 atom stereocenters. The molecule has 174 valence electrons. The SMILES string of the molecule is NS(=O)(=O)c1ccc(CCNC(=O)CSc2nnc(-c3ccccc3)n2-c2ccccc2)cc1. The summed E-state index contributed by atoms with van der Waals surface area (Å²) in [6.07, 6.45) is 0.569. The van der Waals surface area contributed by atoms with E-state index in [9.17, 15) is 13.2 Å². The highest BCUT2D eigenvalue weighted by atomic mass is 32.2. The smallest absolute Gasteiger partial charge is 0.238 e. The van der Waals surface area contributed by atoms with Crippen molar-refractivity contribution in [2.45, 2.75) is 16.5 Å². The van der Waals surface area contributed by atoms with E-state index in [0.29, 0.717) is 23.9 Å². The Hall–Kier alpha value is -3.47. The van der Waals surface area contributed by atoms with Gasteiger partial charge in [-0.1, -0.05) is 72.4 Å². The van der Waals surface area contributed by atoms with Crippen LogP contribution in [-0.4, -0.2) is 41.4 Å². The van der Waals surface area contributed by atoms with Crippen LogP contribution >= 0.6 is 11.8 Å². The largest absolute Gasteiger partial charge is 0.355 e. The minimum absolute atomic E-state index is 0.0640. The third-order valence-corrected chi connectivity index (χ3v) is 6.86. The van der Waals surface area contributed by atoms with Crippen LogP contribution in [0.4, 0.5) is 0 Å². The van der Waals surface area contributed by atoms with E-state index in [1.165, 1.54) is 23.9 Å². The lowest BCUT2D eigenvalue weighted by Crippen LogP contribution is -2.27. The molecule has 0 radical (unpaired) electrons. The normalized spacial score (nSPS) is 11.3. The number of amides is 1. The fourth-order valence-corrected chi connectivity index (χ4v) is 4.62. The molecule has 0 aliphatic heterocycles. The van der Waals surface area contributed by atoms with Gasteiger partial charge in [-0.3, -0.25) is 9.36 Å². The van der Waals surface area contributed by atoms with E-state index in [-0.39, 0.29) is 16.6 Å². The number of carbonyl (C=O) groups is 1. The summed E-state index contributed by atoms with van der Waals surface area (Å²) in [5.41, 5.74) is 2.75. The second-order valence-electron chi connectivity index (χ2n) is 7.42. The van der Waals surface area contributed by atoms with E-state index in [4.69, 9.17) is 5.14 Å². The number of thioether (sulfide) groups is 1. The Balaban J connectivity index is 1.39. The molecular weight excluding hydrogens is 470 g/mol. The zero-order valence-corrected chi connectivity index (χ0v) is 19.8. The van der Waals surface area contributed by atoms with Crippen molar-refractivity contribution in [1.29, 1.82) is 0 Å². The lowest BCUT2D eigenvalue weighted by atomic mass is 10.1. The average molecular weight is 494 g/mol. The predicted octanol–water partition coefficient (Wildman–Crippen LogP) is 3.03. The molecule has 0 aliphatic rings. The van der Waals surface area contributed by atoms with Crippen molar-refractivity contribution in [2.24, 2.45) is 5.14 Å². The summed E-state index contributed by atoms with van der Waals surface area (Å²) in [6.45, 7) is 0.425. The fraction of sp³-hybridized carbons (Fsp3) is 0.125. The molecule has 0 bridgehead atoms. The van der Waals surface area contributed by atoms with Crippen LogP contribution in [-0.2, 0) is 21.2 Å². The van der Waals surface area contributed by atoms with Crippen LogP contribution in [0.15, 0.2) is 95.0 Å². The number of aromatic nitrogens is 3. The summed E-state index contributed by atoms with van der Waals surface area (Å²) in [5.74, 6) is 0.761. The topological polar surface area (TPSA) is 120 Å². The van der Waals surface area contributed by atoms with Crippen LogP contribution in [0.5, 0.6) is 0 Å². The highest BCUT2D eigenvalue weighted by Crippen LogP contribution is 2.27. The van der Waals surface area contributed by atoms with Crippen molar-refractivity contribution < 1.29 is 13.2 Å². The lowest BCUT2D eigenvalue weighted by Gasteiger charge is -2.10. The first-order chi connectivity index (χ1) is 16.4. The first-order valence-electron chi connectivity index (χ1n) is 10.5. The molecule has 0 fully saturated rings. The van der Waals surface area contributed by atoms with E-state index in [1.807, 2.05) is 65.2 Å². The minimum Gasteiger partial charge on any atom is -0.355 e.